The van der Waals surface area contributed by atoms with Crippen molar-refractivity contribution in [2.45, 2.75) is 13.0 Å². The van der Waals surface area contributed by atoms with E-state index in [-0.39, 0.29) is 18.0 Å². The number of nitrogens with one attached hydrogen (secondary N) is 2. The molecule has 2 rings (SSSR count). The second-order valence-corrected chi connectivity index (χ2v) is 3.94. The van der Waals surface area contributed by atoms with E-state index in [0.717, 1.165) is 11.6 Å². The highest BCUT2D eigenvalue weighted by Gasteiger charge is 2.23. The van der Waals surface area contributed by atoms with Gasteiger partial charge in [-0.1, -0.05) is 5.16 Å². The van der Waals surface area contributed by atoms with Gasteiger partial charge in [0.25, 0.3) is 0 Å². The average molecular weight is 214 g/mol. The largest absolute Gasteiger partial charge is 0.328 e. The number of hydrogen-bond donors (Lipinski definition) is 2. The predicted octanol–water partition coefficient (Wildman–Crippen LogP) is -0.0210. The van der Waals surface area contributed by atoms with Crippen LogP contribution in [0.15, 0.2) is 4.52 Å². The zero-order chi connectivity index (χ0) is 9.97. The number of anilines is 1. The van der Waals surface area contributed by atoms with E-state index in [1.807, 2.05) is 0 Å². The first-order valence-electron chi connectivity index (χ1n) is 4.18. The summed E-state index contributed by atoms with van der Waals surface area (Å²) in [5.41, 5.74) is 0. The van der Waals surface area contributed by atoms with Crippen molar-refractivity contribution in [1.82, 2.24) is 15.5 Å². The molecule has 1 aliphatic rings. The highest BCUT2D eigenvalue weighted by molar-refractivity contribution is 7.99. The molecule has 1 fully saturated rings. The Labute approximate surface area is 84.8 Å². The van der Waals surface area contributed by atoms with Gasteiger partial charge in [-0.2, -0.15) is 4.98 Å². The molecule has 0 aliphatic carbocycles. The maximum Gasteiger partial charge on any atom is 0.328 e. The first-order chi connectivity index (χ1) is 6.75. The van der Waals surface area contributed by atoms with Gasteiger partial charge >= 0.3 is 6.01 Å². The number of carbonyl (C=O) groups is 1. The molecule has 2 N–H and O–H groups in total. The van der Waals surface area contributed by atoms with E-state index in [9.17, 15) is 4.79 Å². The molecule has 1 amide bonds. The van der Waals surface area contributed by atoms with E-state index in [0.29, 0.717) is 5.82 Å². The van der Waals surface area contributed by atoms with Gasteiger partial charge in [-0.25, -0.2) is 0 Å². The fourth-order valence-electron chi connectivity index (χ4n) is 1.10. The van der Waals surface area contributed by atoms with Crippen molar-refractivity contribution >= 4 is 23.7 Å². The first-order valence-corrected chi connectivity index (χ1v) is 5.33. The predicted molar refractivity (Wildman–Crippen MR) is 51.9 cm³/mol. The molecular formula is C7H10N4O2S. The van der Waals surface area contributed by atoms with Crippen LogP contribution in [0.25, 0.3) is 0 Å². The smallest absolute Gasteiger partial charge is 0.315 e. The van der Waals surface area contributed by atoms with E-state index in [2.05, 4.69) is 20.8 Å². The third-order valence-electron chi connectivity index (χ3n) is 1.79. The number of aryl methyl sites for hydroxylation is 1. The Balaban J connectivity index is 1.93. The molecule has 1 unspecified atom stereocenters. The van der Waals surface area contributed by atoms with E-state index >= 15 is 0 Å². The van der Waals surface area contributed by atoms with Crippen molar-refractivity contribution < 1.29 is 9.32 Å². The molecule has 0 saturated carbocycles. The second kappa shape index (κ2) is 3.97. The SMILES string of the molecule is Cc1noc(NC(=O)C2CSCN2)n1. The fraction of sp³-hybridized carbons (Fsp3) is 0.571. The molecule has 1 aromatic rings. The monoisotopic (exact) mass is 214 g/mol. The van der Waals surface area contributed by atoms with E-state index in [1.54, 1.807) is 18.7 Å². The van der Waals surface area contributed by atoms with Crippen molar-refractivity contribution in [1.29, 1.82) is 0 Å². The van der Waals surface area contributed by atoms with Crippen molar-refractivity contribution in [3.8, 4) is 0 Å². The van der Waals surface area contributed by atoms with E-state index in [1.165, 1.54) is 0 Å². The van der Waals surface area contributed by atoms with Gasteiger partial charge in [0.15, 0.2) is 5.82 Å². The Morgan fingerprint density at radius 3 is 3.21 bits per heavy atom. The number of amides is 1. The first kappa shape index (κ1) is 9.47. The lowest BCUT2D eigenvalue weighted by atomic mass is 10.3. The normalized spacial score (nSPS) is 21.1. The summed E-state index contributed by atoms with van der Waals surface area (Å²) >= 11 is 1.69. The maximum atomic E-state index is 11.5. The quantitative estimate of drug-likeness (QED) is 0.720. The minimum Gasteiger partial charge on any atom is -0.315 e. The zero-order valence-corrected chi connectivity index (χ0v) is 8.43. The number of rotatable bonds is 2. The highest BCUT2D eigenvalue weighted by atomic mass is 32.2. The number of hydrogen-bond acceptors (Lipinski definition) is 6. The lowest BCUT2D eigenvalue weighted by Gasteiger charge is -2.06. The van der Waals surface area contributed by atoms with Gasteiger partial charge in [-0.3, -0.25) is 15.4 Å². The molecule has 2 heterocycles. The Morgan fingerprint density at radius 2 is 2.64 bits per heavy atom. The number of carbonyl (C=O) groups excluding carboxylic acids is 1. The van der Waals surface area contributed by atoms with Crippen molar-refractivity contribution in [2.24, 2.45) is 0 Å². The van der Waals surface area contributed by atoms with Crippen LogP contribution < -0.4 is 10.6 Å². The molecule has 76 valence electrons. The summed E-state index contributed by atoms with van der Waals surface area (Å²) in [5.74, 6) is 1.97. The van der Waals surface area contributed by atoms with Crippen molar-refractivity contribution in [3.63, 3.8) is 0 Å². The zero-order valence-electron chi connectivity index (χ0n) is 7.61. The summed E-state index contributed by atoms with van der Waals surface area (Å²) in [6.45, 7) is 1.70. The topological polar surface area (TPSA) is 80.0 Å². The van der Waals surface area contributed by atoms with Crippen molar-refractivity contribution in [3.05, 3.63) is 5.82 Å². The van der Waals surface area contributed by atoms with Crippen molar-refractivity contribution in [2.75, 3.05) is 16.9 Å². The lowest BCUT2D eigenvalue weighted by Crippen LogP contribution is -2.37. The van der Waals surface area contributed by atoms with Crippen LogP contribution in [0.3, 0.4) is 0 Å². The number of aromatic nitrogens is 2. The molecule has 1 saturated heterocycles. The summed E-state index contributed by atoms with van der Waals surface area (Å²) in [6, 6.07) is -0.00148. The Kier molecular flexibility index (Phi) is 2.69. The van der Waals surface area contributed by atoms with Gasteiger partial charge in [0, 0.05) is 11.6 Å². The van der Waals surface area contributed by atoms with Crippen LogP contribution in [0.5, 0.6) is 0 Å². The maximum absolute atomic E-state index is 11.5. The third kappa shape index (κ3) is 2.05. The molecule has 7 heteroatoms. The number of nitrogens with zero attached hydrogens (tertiary/aromatic N) is 2. The molecule has 0 radical (unpaired) electrons. The molecule has 1 aliphatic heterocycles. The number of thioether (sulfide) groups is 1. The molecule has 0 spiro atoms. The summed E-state index contributed by atoms with van der Waals surface area (Å²) in [5, 5.41) is 9.16. The summed E-state index contributed by atoms with van der Waals surface area (Å²) in [4.78, 5) is 15.4. The van der Waals surface area contributed by atoms with Crippen LogP contribution in [0.1, 0.15) is 5.82 Å². The lowest BCUT2D eigenvalue weighted by molar-refractivity contribution is -0.117. The van der Waals surface area contributed by atoms with Crippen LogP contribution in [0.4, 0.5) is 6.01 Å². The molecular weight excluding hydrogens is 204 g/mol. The van der Waals surface area contributed by atoms with Gasteiger partial charge in [0.1, 0.15) is 0 Å². The molecule has 1 aromatic heterocycles. The molecule has 1 atom stereocenters. The fourth-order valence-corrected chi connectivity index (χ4v) is 2.05. The molecule has 6 nitrogen and oxygen atoms in total. The van der Waals surface area contributed by atoms with Gasteiger partial charge in [-0.15, -0.1) is 11.8 Å². The van der Waals surface area contributed by atoms with Gasteiger partial charge in [-0.05, 0) is 6.92 Å². The summed E-state index contributed by atoms with van der Waals surface area (Å²) < 4.78 is 4.77. The standard InChI is InChI=1S/C7H10N4O2S/c1-4-9-7(13-11-4)10-6(12)5-2-14-3-8-5/h5,8H,2-3H2,1H3,(H,9,10,11,12). The van der Waals surface area contributed by atoms with E-state index < -0.39 is 0 Å². The summed E-state index contributed by atoms with van der Waals surface area (Å²) in [7, 11) is 0. The van der Waals surface area contributed by atoms with Gasteiger partial charge in [0.05, 0.1) is 6.04 Å². The van der Waals surface area contributed by atoms with Crippen LogP contribution in [0, 0.1) is 6.92 Å². The van der Waals surface area contributed by atoms with Crippen LogP contribution >= 0.6 is 11.8 Å². The highest BCUT2D eigenvalue weighted by Crippen LogP contribution is 2.11. The Hall–Kier alpha value is -1.08. The average Bonchev–Trinajstić information content (AvgIpc) is 2.75. The van der Waals surface area contributed by atoms with E-state index in [4.69, 9.17) is 4.52 Å². The van der Waals surface area contributed by atoms with Gasteiger partial charge < -0.3 is 4.52 Å². The minimum absolute atomic E-state index is 0.126. The minimum atomic E-state index is -0.160. The molecule has 0 bridgehead atoms. The molecule has 0 aromatic carbocycles. The van der Waals surface area contributed by atoms with Crippen LogP contribution in [-0.2, 0) is 4.79 Å². The van der Waals surface area contributed by atoms with Gasteiger partial charge in [0.2, 0.25) is 5.91 Å². The second-order valence-electron chi connectivity index (χ2n) is 2.91. The summed E-state index contributed by atoms with van der Waals surface area (Å²) in [6.07, 6.45) is 0. The Morgan fingerprint density at radius 1 is 1.79 bits per heavy atom. The third-order valence-corrected chi connectivity index (χ3v) is 2.73. The molecule has 14 heavy (non-hydrogen) atoms. The Bertz CT molecular complexity index is 334. The van der Waals surface area contributed by atoms with Crippen LogP contribution in [0.2, 0.25) is 0 Å². The van der Waals surface area contributed by atoms with Crippen LogP contribution in [-0.4, -0.2) is 33.7 Å².